The summed E-state index contributed by atoms with van der Waals surface area (Å²) in [6.07, 6.45) is 1.39. The molecule has 0 aliphatic heterocycles. The number of nitro groups is 1. The number of nitrogens with zero attached hydrogens (tertiary/aromatic N) is 2. The molecular formula is C14H12Br2N2O5S. The first kappa shape index (κ1) is 18.9. The van der Waals surface area contributed by atoms with Crippen molar-refractivity contribution in [1.29, 1.82) is 0 Å². The Balaban J connectivity index is 2.58. The Morgan fingerprint density at radius 3 is 2.58 bits per heavy atom. The fraction of sp³-hybridized carbons (Fsp3) is 0.286. The van der Waals surface area contributed by atoms with Crippen LogP contribution in [0.5, 0.6) is 0 Å². The average molecular weight is 480 g/mol. The van der Waals surface area contributed by atoms with Gasteiger partial charge < -0.3 is 0 Å². The van der Waals surface area contributed by atoms with Gasteiger partial charge in [-0.05, 0) is 31.6 Å². The largest absolute Gasteiger partial charge is 0.293 e. The Morgan fingerprint density at radius 1 is 1.38 bits per heavy atom. The minimum Gasteiger partial charge on any atom is -0.293 e. The molecule has 128 valence electrons. The second kappa shape index (κ2) is 6.49. The smallest absolute Gasteiger partial charge is 0.282 e. The molecule has 2 rings (SSSR count). The third-order valence-electron chi connectivity index (χ3n) is 3.49. The molecule has 1 aromatic rings. The van der Waals surface area contributed by atoms with Gasteiger partial charge in [-0.1, -0.05) is 37.9 Å². The molecule has 1 aromatic carbocycles. The number of hydrogen-bond donors (Lipinski definition) is 0. The van der Waals surface area contributed by atoms with E-state index in [1.807, 2.05) is 0 Å². The number of hydrogen-bond acceptors (Lipinski definition) is 5. The predicted octanol–water partition coefficient (Wildman–Crippen LogP) is 3.17. The Kier molecular flexibility index (Phi) is 5.12. The van der Waals surface area contributed by atoms with Gasteiger partial charge in [0.05, 0.1) is 24.7 Å². The van der Waals surface area contributed by atoms with E-state index in [4.69, 9.17) is 0 Å². The van der Waals surface area contributed by atoms with Gasteiger partial charge in [0.2, 0.25) is 0 Å². The van der Waals surface area contributed by atoms with Crippen LogP contribution >= 0.6 is 31.9 Å². The predicted molar refractivity (Wildman–Crippen MR) is 96.5 cm³/mol. The van der Waals surface area contributed by atoms with Crippen LogP contribution in [0, 0.1) is 10.1 Å². The van der Waals surface area contributed by atoms with E-state index >= 15 is 0 Å². The normalized spacial score (nSPS) is 26.3. The molecule has 10 heteroatoms. The van der Waals surface area contributed by atoms with Crippen LogP contribution in [0.4, 0.5) is 5.69 Å². The molecule has 0 heterocycles. The molecule has 0 radical (unpaired) electrons. The van der Waals surface area contributed by atoms with Crippen molar-refractivity contribution in [3.05, 3.63) is 46.0 Å². The summed E-state index contributed by atoms with van der Waals surface area (Å²) in [4.78, 5) is 21.2. The van der Waals surface area contributed by atoms with E-state index < -0.39 is 24.1 Å². The number of nitro benzene ring substituents is 1. The van der Waals surface area contributed by atoms with Gasteiger partial charge in [0.15, 0.2) is 5.78 Å². The van der Waals surface area contributed by atoms with E-state index in [1.54, 1.807) is 13.8 Å². The molecule has 7 nitrogen and oxygen atoms in total. The van der Waals surface area contributed by atoms with Crippen LogP contribution < -0.4 is 0 Å². The average Bonchev–Trinajstić information content (AvgIpc) is 2.51. The molecule has 0 N–H and O–H groups in total. The molecule has 0 saturated carbocycles. The first-order valence-electron chi connectivity index (χ1n) is 6.62. The second-order valence-electron chi connectivity index (χ2n) is 5.34. The van der Waals surface area contributed by atoms with E-state index in [2.05, 4.69) is 36.3 Å². The highest BCUT2D eigenvalue weighted by Gasteiger charge is 2.43. The van der Waals surface area contributed by atoms with Gasteiger partial charge >= 0.3 is 0 Å². The van der Waals surface area contributed by atoms with Gasteiger partial charge in [-0.3, -0.25) is 14.9 Å². The quantitative estimate of drug-likeness (QED) is 0.376. The Hall–Kier alpha value is -1.39. The molecule has 0 saturated heterocycles. The zero-order valence-corrected chi connectivity index (χ0v) is 16.6. The summed E-state index contributed by atoms with van der Waals surface area (Å²) in [5.41, 5.74) is 0.150. The zero-order valence-electron chi connectivity index (χ0n) is 12.6. The number of carbonyl (C=O) groups excluding carboxylic acids is 1. The van der Waals surface area contributed by atoms with Crippen molar-refractivity contribution < 1.29 is 18.1 Å². The maximum Gasteiger partial charge on any atom is 0.282 e. The summed E-state index contributed by atoms with van der Waals surface area (Å²) in [6.45, 7) is 3.18. The van der Waals surface area contributed by atoms with E-state index in [9.17, 15) is 23.3 Å². The van der Waals surface area contributed by atoms with Gasteiger partial charge in [0.25, 0.3) is 15.7 Å². The van der Waals surface area contributed by atoms with Crippen LogP contribution in [0.3, 0.4) is 0 Å². The summed E-state index contributed by atoms with van der Waals surface area (Å²) in [7, 11) is -4.17. The molecule has 0 spiro atoms. The Morgan fingerprint density at radius 2 is 2.00 bits per heavy atom. The van der Waals surface area contributed by atoms with Crippen LogP contribution in [-0.4, -0.2) is 34.0 Å². The van der Waals surface area contributed by atoms with Gasteiger partial charge in [0, 0.05) is 12.1 Å². The highest BCUT2D eigenvalue weighted by molar-refractivity contribution is 9.13. The molecule has 2 atom stereocenters. The maximum atomic E-state index is 12.5. The molecule has 24 heavy (non-hydrogen) atoms. The summed E-state index contributed by atoms with van der Waals surface area (Å²) in [5, 5.41) is 10.8. The number of rotatable bonds is 3. The lowest BCUT2D eigenvalue weighted by Gasteiger charge is -2.31. The maximum absolute atomic E-state index is 12.5. The van der Waals surface area contributed by atoms with Crippen molar-refractivity contribution in [2.24, 2.45) is 4.40 Å². The van der Waals surface area contributed by atoms with Crippen molar-refractivity contribution in [3.63, 3.8) is 0 Å². The van der Waals surface area contributed by atoms with Crippen molar-refractivity contribution in [3.8, 4) is 0 Å². The molecular weight excluding hydrogens is 468 g/mol. The number of ketones is 1. The highest BCUT2D eigenvalue weighted by atomic mass is 79.9. The summed E-state index contributed by atoms with van der Waals surface area (Å²) < 4.78 is 27.8. The van der Waals surface area contributed by atoms with Gasteiger partial charge in [-0.15, -0.1) is 0 Å². The lowest BCUT2D eigenvalue weighted by atomic mass is 9.89. The van der Waals surface area contributed by atoms with Crippen molar-refractivity contribution in [1.82, 2.24) is 0 Å². The SMILES string of the molecule is CC1=CC(=NS(=O)(=O)c2cccc([N+](=O)[O-])c2)C(C)(Br)C(Br)C1=O. The van der Waals surface area contributed by atoms with Crippen molar-refractivity contribution in [2.75, 3.05) is 0 Å². The van der Waals surface area contributed by atoms with E-state index in [-0.39, 0.29) is 22.1 Å². The lowest BCUT2D eigenvalue weighted by Crippen LogP contribution is -2.45. The number of carbonyl (C=O) groups is 1. The highest BCUT2D eigenvalue weighted by Crippen LogP contribution is 2.37. The molecule has 0 fully saturated rings. The first-order valence-corrected chi connectivity index (χ1v) is 9.77. The van der Waals surface area contributed by atoms with Crippen LogP contribution in [0.1, 0.15) is 13.8 Å². The van der Waals surface area contributed by atoms with Gasteiger partial charge in [-0.2, -0.15) is 12.8 Å². The molecule has 1 aliphatic rings. The molecule has 0 aromatic heterocycles. The van der Waals surface area contributed by atoms with Crippen LogP contribution in [0.2, 0.25) is 0 Å². The molecule has 0 amide bonds. The minimum atomic E-state index is -4.17. The molecule has 0 bridgehead atoms. The second-order valence-corrected chi connectivity index (χ2v) is 9.50. The number of halogens is 2. The van der Waals surface area contributed by atoms with Crippen LogP contribution in [0.15, 0.2) is 45.2 Å². The van der Waals surface area contributed by atoms with Crippen LogP contribution in [-0.2, 0) is 14.8 Å². The number of Topliss-reactive ketones (excluding diaryl/α,β-unsaturated/α-hetero) is 1. The number of benzene rings is 1. The lowest BCUT2D eigenvalue weighted by molar-refractivity contribution is -0.385. The van der Waals surface area contributed by atoms with E-state index in [0.717, 1.165) is 6.07 Å². The topological polar surface area (TPSA) is 107 Å². The van der Waals surface area contributed by atoms with Crippen LogP contribution in [0.25, 0.3) is 0 Å². The fourth-order valence-corrected chi connectivity index (χ4v) is 4.30. The molecule has 1 aliphatic carbocycles. The number of alkyl halides is 2. The zero-order chi connectivity index (χ0) is 18.3. The van der Waals surface area contributed by atoms with Crippen molar-refractivity contribution >= 4 is 59.1 Å². The Bertz CT molecular complexity index is 890. The van der Waals surface area contributed by atoms with Crippen molar-refractivity contribution in [2.45, 2.75) is 27.9 Å². The number of sulfonamides is 1. The third kappa shape index (κ3) is 3.50. The first-order chi connectivity index (χ1) is 11.0. The van der Waals surface area contributed by atoms with Gasteiger partial charge in [-0.25, -0.2) is 0 Å². The summed E-state index contributed by atoms with van der Waals surface area (Å²) in [5.74, 6) is -0.180. The summed E-state index contributed by atoms with van der Waals surface area (Å²) in [6, 6.07) is 4.64. The number of allylic oxidation sites excluding steroid dienone is 2. The monoisotopic (exact) mass is 478 g/mol. The van der Waals surface area contributed by atoms with E-state index in [0.29, 0.717) is 5.57 Å². The Labute approximate surface area is 155 Å². The van der Waals surface area contributed by atoms with Gasteiger partial charge in [0.1, 0.15) is 0 Å². The molecule has 2 unspecified atom stereocenters. The standard InChI is InChI=1S/C14H12Br2N2O5S/c1-8-6-11(14(2,16)13(15)12(8)19)17-24(22,23)10-5-3-4-9(7-10)18(20)21/h3-7,13H,1-2H3. The van der Waals surface area contributed by atoms with E-state index in [1.165, 1.54) is 24.3 Å². The third-order valence-corrected chi connectivity index (χ3v) is 7.59. The number of non-ortho nitro benzene ring substituents is 1. The summed E-state index contributed by atoms with van der Waals surface area (Å²) >= 11 is 6.59. The fourth-order valence-electron chi connectivity index (χ4n) is 2.05. The minimum absolute atomic E-state index is 0.132.